The molecular formula is C5H10N2. The summed E-state index contributed by atoms with van der Waals surface area (Å²) in [7, 11) is 0. The van der Waals surface area contributed by atoms with Gasteiger partial charge in [0, 0.05) is 18.5 Å². The average molecular weight is 98.1 g/mol. The van der Waals surface area contributed by atoms with Crippen LogP contribution in [0.2, 0.25) is 0 Å². The van der Waals surface area contributed by atoms with Gasteiger partial charge in [-0.2, -0.15) is 0 Å². The van der Waals surface area contributed by atoms with Crippen LogP contribution < -0.4 is 5.73 Å². The van der Waals surface area contributed by atoms with E-state index in [1.165, 1.54) is 6.20 Å². The van der Waals surface area contributed by atoms with Crippen LogP contribution in [-0.2, 0) is 0 Å². The third kappa shape index (κ3) is 5.37. The number of nitrogens with two attached hydrogens (primary N) is 1. The zero-order valence-corrected chi connectivity index (χ0v) is 4.46. The second kappa shape index (κ2) is 3.56. The molecule has 0 aliphatic rings. The summed E-state index contributed by atoms with van der Waals surface area (Å²) >= 11 is 0. The molecular weight excluding hydrogens is 88.1 g/mol. The fraction of sp³-hybridized carbons (Fsp3) is 0.400. The predicted molar refractivity (Wildman–Crippen MR) is 32.3 cm³/mol. The minimum absolute atomic E-state index is 0.0398. The first-order valence-corrected chi connectivity index (χ1v) is 2.17. The van der Waals surface area contributed by atoms with Gasteiger partial charge in [-0.3, -0.25) is 4.99 Å². The van der Waals surface area contributed by atoms with Crippen LogP contribution in [0.3, 0.4) is 0 Å². The summed E-state index contributed by atoms with van der Waals surface area (Å²) in [6.07, 6.45) is 3.09. The molecule has 0 radical (unpaired) electrons. The number of hydrogen-bond donors (Lipinski definition) is 1. The highest BCUT2D eigenvalue weighted by Gasteiger charge is 1.78. The van der Waals surface area contributed by atoms with E-state index in [0.29, 0.717) is 0 Å². The van der Waals surface area contributed by atoms with Gasteiger partial charge in [0.2, 0.25) is 0 Å². The molecule has 0 spiro atoms. The van der Waals surface area contributed by atoms with Crippen molar-refractivity contribution >= 4 is 6.21 Å². The Morgan fingerprint density at radius 1 is 1.86 bits per heavy atom. The van der Waals surface area contributed by atoms with E-state index >= 15 is 0 Å². The average Bonchev–Trinajstić information content (AvgIpc) is 1.61. The SMILES string of the molecule is C=CN=CC(C)N. The van der Waals surface area contributed by atoms with Crippen molar-refractivity contribution in [1.29, 1.82) is 0 Å². The van der Waals surface area contributed by atoms with Crippen molar-refractivity contribution in [2.45, 2.75) is 13.0 Å². The van der Waals surface area contributed by atoms with Crippen LogP contribution in [0.1, 0.15) is 6.92 Å². The standard InChI is InChI=1S/C5H10N2/c1-3-7-4-5(2)6/h3-5H,1,6H2,2H3. The number of hydrogen-bond acceptors (Lipinski definition) is 2. The first kappa shape index (κ1) is 6.37. The Morgan fingerprint density at radius 2 is 2.43 bits per heavy atom. The fourth-order valence-corrected chi connectivity index (χ4v) is 0.197. The highest BCUT2D eigenvalue weighted by atomic mass is 14.7. The van der Waals surface area contributed by atoms with Crippen molar-refractivity contribution in [3.8, 4) is 0 Å². The maximum absolute atomic E-state index is 5.28. The Bertz CT molecular complexity index is 74.1. The van der Waals surface area contributed by atoms with Crippen molar-refractivity contribution in [3.05, 3.63) is 12.8 Å². The van der Waals surface area contributed by atoms with E-state index in [4.69, 9.17) is 5.73 Å². The molecule has 0 amide bonds. The number of rotatable bonds is 2. The maximum Gasteiger partial charge on any atom is 0.0370 e. The Kier molecular flexibility index (Phi) is 3.24. The van der Waals surface area contributed by atoms with Crippen molar-refractivity contribution in [1.82, 2.24) is 0 Å². The van der Waals surface area contributed by atoms with Crippen molar-refractivity contribution in [3.63, 3.8) is 0 Å². The van der Waals surface area contributed by atoms with E-state index in [-0.39, 0.29) is 6.04 Å². The zero-order chi connectivity index (χ0) is 5.70. The molecule has 0 aromatic heterocycles. The summed E-state index contributed by atoms with van der Waals surface area (Å²) in [6.45, 7) is 5.23. The van der Waals surface area contributed by atoms with Gasteiger partial charge >= 0.3 is 0 Å². The summed E-state index contributed by atoms with van der Waals surface area (Å²) in [5, 5.41) is 0. The van der Waals surface area contributed by atoms with E-state index in [2.05, 4.69) is 11.6 Å². The Labute approximate surface area is 43.7 Å². The van der Waals surface area contributed by atoms with Crippen molar-refractivity contribution in [2.75, 3.05) is 0 Å². The van der Waals surface area contributed by atoms with E-state index in [1.807, 2.05) is 6.92 Å². The molecule has 1 atom stereocenters. The first-order valence-electron chi connectivity index (χ1n) is 2.17. The van der Waals surface area contributed by atoms with Gasteiger partial charge in [-0.25, -0.2) is 0 Å². The molecule has 0 saturated heterocycles. The monoisotopic (exact) mass is 98.1 g/mol. The zero-order valence-electron chi connectivity index (χ0n) is 4.46. The summed E-state index contributed by atoms with van der Waals surface area (Å²) in [6, 6.07) is 0.0398. The molecule has 40 valence electrons. The topological polar surface area (TPSA) is 38.4 Å². The molecule has 0 heterocycles. The van der Waals surface area contributed by atoms with Crippen LogP contribution in [0.5, 0.6) is 0 Å². The second-order valence-corrected chi connectivity index (χ2v) is 1.34. The third-order valence-electron chi connectivity index (χ3n) is 0.427. The second-order valence-electron chi connectivity index (χ2n) is 1.34. The third-order valence-corrected chi connectivity index (χ3v) is 0.427. The van der Waals surface area contributed by atoms with E-state index < -0.39 is 0 Å². The first-order chi connectivity index (χ1) is 3.27. The fourth-order valence-electron chi connectivity index (χ4n) is 0.197. The van der Waals surface area contributed by atoms with Crippen LogP contribution in [0.4, 0.5) is 0 Å². The van der Waals surface area contributed by atoms with E-state index in [1.54, 1.807) is 6.21 Å². The highest BCUT2D eigenvalue weighted by Crippen LogP contribution is 1.68. The molecule has 0 saturated carbocycles. The van der Waals surface area contributed by atoms with Gasteiger partial charge in [-0.1, -0.05) is 6.58 Å². The van der Waals surface area contributed by atoms with Crippen LogP contribution in [0.15, 0.2) is 17.8 Å². The minimum atomic E-state index is 0.0398. The van der Waals surface area contributed by atoms with Gasteiger partial charge in [0.1, 0.15) is 0 Å². The molecule has 0 rings (SSSR count). The van der Waals surface area contributed by atoms with Crippen LogP contribution in [0, 0.1) is 0 Å². The quantitative estimate of drug-likeness (QED) is 0.503. The number of aliphatic imine (C=N–C) groups is 1. The molecule has 2 nitrogen and oxygen atoms in total. The Morgan fingerprint density at radius 3 is 2.57 bits per heavy atom. The molecule has 7 heavy (non-hydrogen) atoms. The van der Waals surface area contributed by atoms with Gasteiger partial charge in [0.25, 0.3) is 0 Å². The van der Waals surface area contributed by atoms with Crippen LogP contribution >= 0.6 is 0 Å². The van der Waals surface area contributed by atoms with Crippen LogP contribution in [0.25, 0.3) is 0 Å². The molecule has 0 aliphatic carbocycles. The molecule has 0 fully saturated rings. The molecule has 1 unspecified atom stereocenters. The molecule has 0 bridgehead atoms. The Hall–Kier alpha value is -0.630. The largest absolute Gasteiger partial charge is 0.323 e. The molecule has 0 aliphatic heterocycles. The Balaban J connectivity index is 3.25. The molecule has 0 aromatic rings. The smallest absolute Gasteiger partial charge is 0.0370 e. The highest BCUT2D eigenvalue weighted by molar-refractivity contribution is 5.63. The lowest BCUT2D eigenvalue weighted by Crippen LogP contribution is -2.15. The number of nitrogens with zero attached hydrogens (tertiary/aromatic N) is 1. The summed E-state index contributed by atoms with van der Waals surface area (Å²) in [5.74, 6) is 0. The maximum atomic E-state index is 5.28. The van der Waals surface area contributed by atoms with Gasteiger partial charge in [0.15, 0.2) is 0 Å². The predicted octanol–water partition coefficient (Wildman–Crippen LogP) is 0.548. The van der Waals surface area contributed by atoms with Gasteiger partial charge in [-0.15, -0.1) is 0 Å². The molecule has 2 heteroatoms. The van der Waals surface area contributed by atoms with Gasteiger partial charge in [0.05, 0.1) is 0 Å². The van der Waals surface area contributed by atoms with E-state index in [0.717, 1.165) is 0 Å². The van der Waals surface area contributed by atoms with Gasteiger partial charge < -0.3 is 5.73 Å². The molecule has 0 aromatic carbocycles. The normalized spacial score (nSPS) is 14.6. The van der Waals surface area contributed by atoms with Crippen molar-refractivity contribution < 1.29 is 0 Å². The molecule has 2 N–H and O–H groups in total. The summed E-state index contributed by atoms with van der Waals surface area (Å²) < 4.78 is 0. The summed E-state index contributed by atoms with van der Waals surface area (Å²) in [4.78, 5) is 3.69. The summed E-state index contributed by atoms with van der Waals surface area (Å²) in [5.41, 5.74) is 5.28. The lowest BCUT2D eigenvalue weighted by atomic mass is 10.4. The van der Waals surface area contributed by atoms with E-state index in [9.17, 15) is 0 Å². The minimum Gasteiger partial charge on any atom is -0.323 e. The van der Waals surface area contributed by atoms with Crippen molar-refractivity contribution in [2.24, 2.45) is 10.7 Å². The lowest BCUT2D eigenvalue weighted by Gasteiger charge is -1.87. The lowest BCUT2D eigenvalue weighted by molar-refractivity contribution is 0.995. The van der Waals surface area contributed by atoms with Crippen LogP contribution in [-0.4, -0.2) is 12.3 Å². The van der Waals surface area contributed by atoms with Gasteiger partial charge in [-0.05, 0) is 6.92 Å².